The Kier molecular flexibility index (Phi) is 4.97. The molecule has 0 bridgehead atoms. The number of pyridine rings is 1. The summed E-state index contributed by atoms with van der Waals surface area (Å²) < 4.78 is 0. The number of halogens is 2. The molecule has 0 saturated carbocycles. The van der Waals surface area contributed by atoms with Gasteiger partial charge in [0.25, 0.3) is 0 Å². The Morgan fingerprint density at radius 3 is 2.56 bits per heavy atom. The van der Waals surface area contributed by atoms with Crippen LogP contribution in [0.1, 0.15) is 18.9 Å². The molecule has 0 aliphatic carbocycles. The van der Waals surface area contributed by atoms with Gasteiger partial charge in [0.15, 0.2) is 0 Å². The van der Waals surface area contributed by atoms with Crippen LogP contribution in [-0.2, 0) is 16.0 Å². The smallest absolute Gasteiger partial charge is 0.250 e. The standard InChI is InChI=1S/C18H17Cl2N3O2/c1-18(17(25)22-14-4-7-21-8-5-14)6-9-23(18)16(24)10-12-2-3-13(19)11-15(12)20/h2-5,7-8,11H,6,9-10H2,1H3,(H,21,22,25). The molecular formula is C18H17Cl2N3O2. The molecule has 1 saturated heterocycles. The highest BCUT2D eigenvalue weighted by Crippen LogP contribution is 2.33. The van der Waals surface area contributed by atoms with Crippen molar-refractivity contribution >= 4 is 40.7 Å². The average molecular weight is 378 g/mol. The summed E-state index contributed by atoms with van der Waals surface area (Å²) in [5.74, 6) is -0.344. The predicted octanol–water partition coefficient (Wildman–Crippen LogP) is 3.56. The number of nitrogens with zero attached hydrogens (tertiary/aromatic N) is 2. The molecule has 1 aliphatic rings. The van der Waals surface area contributed by atoms with E-state index >= 15 is 0 Å². The number of carbonyl (C=O) groups is 2. The van der Waals surface area contributed by atoms with Crippen LogP contribution in [0.2, 0.25) is 10.0 Å². The molecule has 0 radical (unpaired) electrons. The Hall–Kier alpha value is -2.11. The van der Waals surface area contributed by atoms with Gasteiger partial charge in [0, 0.05) is 34.7 Å². The van der Waals surface area contributed by atoms with Gasteiger partial charge in [-0.1, -0.05) is 29.3 Å². The van der Waals surface area contributed by atoms with E-state index in [0.717, 1.165) is 0 Å². The van der Waals surface area contributed by atoms with E-state index in [4.69, 9.17) is 23.2 Å². The summed E-state index contributed by atoms with van der Waals surface area (Å²) in [4.78, 5) is 30.8. The minimum atomic E-state index is -0.862. The lowest BCUT2D eigenvalue weighted by Crippen LogP contribution is -2.66. The van der Waals surface area contributed by atoms with Gasteiger partial charge in [0.05, 0.1) is 6.42 Å². The zero-order chi connectivity index (χ0) is 18.0. The number of rotatable bonds is 4. The molecule has 2 amide bonds. The van der Waals surface area contributed by atoms with Gasteiger partial charge >= 0.3 is 0 Å². The third-order valence-corrected chi connectivity index (χ3v) is 5.09. The van der Waals surface area contributed by atoms with Crippen LogP contribution in [0.15, 0.2) is 42.7 Å². The molecule has 130 valence electrons. The van der Waals surface area contributed by atoms with E-state index in [9.17, 15) is 9.59 Å². The normalized spacial score (nSPS) is 19.2. The highest BCUT2D eigenvalue weighted by Gasteiger charge is 2.49. The molecule has 1 aromatic carbocycles. The summed E-state index contributed by atoms with van der Waals surface area (Å²) in [6.07, 6.45) is 3.95. The lowest BCUT2D eigenvalue weighted by Gasteiger charge is -2.49. The van der Waals surface area contributed by atoms with Crippen molar-refractivity contribution in [3.05, 3.63) is 58.3 Å². The van der Waals surface area contributed by atoms with Gasteiger partial charge in [-0.15, -0.1) is 0 Å². The summed E-state index contributed by atoms with van der Waals surface area (Å²) in [6, 6.07) is 8.45. The molecule has 5 nitrogen and oxygen atoms in total. The summed E-state index contributed by atoms with van der Waals surface area (Å²) in [5, 5.41) is 3.80. The van der Waals surface area contributed by atoms with Gasteiger partial charge in [0.2, 0.25) is 11.8 Å². The van der Waals surface area contributed by atoms with Crippen molar-refractivity contribution in [2.45, 2.75) is 25.3 Å². The first kappa shape index (κ1) is 17.7. The average Bonchev–Trinajstić information content (AvgIpc) is 2.56. The van der Waals surface area contributed by atoms with Crippen LogP contribution >= 0.6 is 23.2 Å². The van der Waals surface area contributed by atoms with Crippen molar-refractivity contribution in [2.75, 3.05) is 11.9 Å². The van der Waals surface area contributed by atoms with Crippen LogP contribution in [-0.4, -0.2) is 33.8 Å². The second-order valence-corrected chi connectivity index (χ2v) is 7.02. The second kappa shape index (κ2) is 7.02. The van der Waals surface area contributed by atoms with Crippen molar-refractivity contribution in [3.63, 3.8) is 0 Å². The second-order valence-electron chi connectivity index (χ2n) is 6.17. The van der Waals surface area contributed by atoms with Gasteiger partial charge in [-0.3, -0.25) is 14.6 Å². The molecule has 2 heterocycles. The first-order valence-corrected chi connectivity index (χ1v) is 8.61. The zero-order valence-electron chi connectivity index (χ0n) is 13.6. The number of nitrogens with one attached hydrogen (secondary N) is 1. The Labute approximate surface area is 155 Å². The van der Waals surface area contributed by atoms with E-state index in [1.54, 1.807) is 54.5 Å². The number of aromatic nitrogens is 1. The molecule has 2 aromatic rings. The molecule has 0 spiro atoms. The van der Waals surface area contributed by atoms with Gasteiger partial charge in [-0.05, 0) is 43.2 Å². The van der Waals surface area contributed by atoms with Crippen LogP contribution in [0.4, 0.5) is 5.69 Å². The number of benzene rings is 1. The van der Waals surface area contributed by atoms with Crippen molar-refractivity contribution < 1.29 is 9.59 Å². The van der Waals surface area contributed by atoms with Crippen LogP contribution in [0.5, 0.6) is 0 Å². The fourth-order valence-corrected chi connectivity index (χ4v) is 3.29. The molecule has 1 unspecified atom stereocenters. The highest BCUT2D eigenvalue weighted by molar-refractivity contribution is 6.35. The summed E-state index contributed by atoms with van der Waals surface area (Å²) in [7, 11) is 0. The summed E-state index contributed by atoms with van der Waals surface area (Å²) in [6.45, 7) is 2.32. The monoisotopic (exact) mass is 377 g/mol. The molecule has 3 rings (SSSR count). The number of likely N-dealkylation sites (tertiary alicyclic amines) is 1. The number of carbonyl (C=O) groups excluding carboxylic acids is 2. The molecule has 7 heteroatoms. The molecule has 25 heavy (non-hydrogen) atoms. The molecule has 1 aromatic heterocycles. The van der Waals surface area contributed by atoms with E-state index in [-0.39, 0.29) is 18.2 Å². The SMILES string of the molecule is CC1(C(=O)Nc2ccncc2)CCN1C(=O)Cc1ccc(Cl)cc1Cl. The van der Waals surface area contributed by atoms with Gasteiger partial charge in [-0.2, -0.15) is 0 Å². The van der Waals surface area contributed by atoms with Crippen LogP contribution in [0, 0.1) is 0 Å². The Bertz CT molecular complexity index is 813. The molecule has 1 atom stereocenters. The summed E-state index contributed by atoms with van der Waals surface area (Å²) >= 11 is 12.0. The van der Waals surface area contributed by atoms with E-state index in [0.29, 0.717) is 34.3 Å². The van der Waals surface area contributed by atoms with Crippen molar-refractivity contribution in [3.8, 4) is 0 Å². The Balaban J connectivity index is 1.69. The van der Waals surface area contributed by atoms with E-state index in [1.807, 2.05) is 0 Å². The first-order chi connectivity index (χ1) is 11.9. The topological polar surface area (TPSA) is 62.3 Å². The number of amides is 2. The highest BCUT2D eigenvalue weighted by atomic mass is 35.5. The largest absolute Gasteiger partial charge is 0.328 e. The third-order valence-electron chi connectivity index (χ3n) is 4.50. The van der Waals surface area contributed by atoms with Crippen molar-refractivity contribution in [1.82, 2.24) is 9.88 Å². The number of hydrogen-bond acceptors (Lipinski definition) is 3. The summed E-state index contributed by atoms with van der Waals surface area (Å²) in [5.41, 5.74) is 0.486. The number of hydrogen-bond donors (Lipinski definition) is 1. The van der Waals surface area contributed by atoms with E-state index < -0.39 is 5.54 Å². The predicted molar refractivity (Wildman–Crippen MR) is 97.8 cm³/mol. The lowest BCUT2D eigenvalue weighted by atomic mass is 9.84. The van der Waals surface area contributed by atoms with E-state index in [1.165, 1.54) is 0 Å². The molecule has 1 aliphatic heterocycles. The fraction of sp³-hybridized carbons (Fsp3) is 0.278. The minimum Gasteiger partial charge on any atom is -0.328 e. The van der Waals surface area contributed by atoms with Gasteiger partial charge in [-0.25, -0.2) is 0 Å². The molecule has 1 N–H and O–H groups in total. The van der Waals surface area contributed by atoms with Crippen LogP contribution < -0.4 is 5.32 Å². The minimum absolute atomic E-state index is 0.133. The van der Waals surface area contributed by atoms with E-state index in [2.05, 4.69) is 10.3 Å². The lowest BCUT2D eigenvalue weighted by molar-refractivity contribution is -0.154. The number of anilines is 1. The fourth-order valence-electron chi connectivity index (χ4n) is 2.82. The molecule has 1 fully saturated rings. The first-order valence-electron chi connectivity index (χ1n) is 7.86. The maximum Gasteiger partial charge on any atom is 0.250 e. The third kappa shape index (κ3) is 3.62. The van der Waals surface area contributed by atoms with Crippen LogP contribution in [0.3, 0.4) is 0 Å². The van der Waals surface area contributed by atoms with Gasteiger partial charge < -0.3 is 10.2 Å². The maximum absolute atomic E-state index is 12.6. The molecular weight excluding hydrogens is 361 g/mol. The van der Waals surface area contributed by atoms with Crippen molar-refractivity contribution in [1.29, 1.82) is 0 Å². The van der Waals surface area contributed by atoms with Crippen molar-refractivity contribution in [2.24, 2.45) is 0 Å². The zero-order valence-corrected chi connectivity index (χ0v) is 15.1. The van der Waals surface area contributed by atoms with Gasteiger partial charge in [0.1, 0.15) is 5.54 Å². The Morgan fingerprint density at radius 2 is 1.96 bits per heavy atom. The maximum atomic E-state index is 12.6. The Morgan fingerprint density at radius 1 is 1.24 bits per heavy atom. The quantitative estimate of drug-likeness (QED) is 0.885. The van der Waals surface area contributed by atoms with Crippen LogP contribution in [0.25, 0.3) is 0 Å².